The lowest BCUT2D eigenvalue weighted by atomic mass is 10.0. The van der Waals surface area contributed by atoms with Crippen molar-refractivity contribution in [3.8, 4) is 11.8 Å². The van der Waals surface area contributed by atoms with Gasteiger partial charge in [0.25, 0.3) is 5.91 Å². The van der Waals surface area contributed by atoms with Gasteiger partial charge in [-0.2, -0.15) is 5.26 Å². The molecule has 3 rings (SSSR count). The summed E-state index contributed by atoms with van der Waals surface area (Å²) in [5, 5.41) is 23.5. The lowest BCUT2D eigenvalue weighted by Gasteiger charge is -2.32. The van der Waals surface area contributed by atoms with Crippen LogP contribution in [-0.2, 0) is 4.79 Å². The number of piperidine rings is 1. The highest BCUT2D eigenvalue weighted by molar-refractivity contribution is 6.11. The monoisotopic (exact) mass is 335 g/mol. The van der Waals surface area contributed by atoms with Crippen LogP contribution in [0.5, 0.6) is 5.75 Å². The molecule has 1 aliphatic heterocycles. The molecule has 128 valence electrons. The highest BCUT2D eigenvalue weighted by Crippen LogP contribution is 2.30. The predicted octanol–water partition coefficient (Wildman–Crippen LogP) is 3.77. The van der Waals surface area contributed by atoms with Crippen molar-refractivity contribution in [3.05, 3.63) is 48.2 Å². The average molecular weight is 335 g/mol. The van der Waals surface area contributed by atoms with Crippen LogP contribution in [0.25, 0.3) is 10.8 Å². The minimum absolute atomic E-state index is 0.0888. The van der Waals surface area contributed by atoms with E-state index in [0.717, 1.165) is 24.8 Å². The van der Waals surface area contributed by atoms with Crippen LogP contribution in [0.1, 0.15) is 26.2 Å². The number of benzene rings is 2. The summed E-state index contributed by atoms with van der Waals surface area (Å²) in [6.45, 7) is 2.97. The van der Waals surface area contributed by atoms with Crippen LogP contribution in [0.3, 0.4) is 0 Å². The Kier molecular flexibility index (Phi) is 4.90. The van der Waals surface area contributed by atoms with Gasteiger partial charge in [0.2, 0.25) is 0 Å². The second-order valence-corrected chi connectivity index (χ2v) is 6.37. The molecule has 2 aromatic carbocycles. The van der Waals surface area contributed by atoms with Gasteiger partial charge in [0.05, 0.1) is 0 Å². The maximum absolute atomic E-state index is 12.6. The number of carbonyl (C=O) groups is 1. The fraction of sp³-hybridized carbons (Fsp3) is 0.300. The van der Waals surface area contributed by atoms with Crippen molar-refractivity contribution >= 4 is 22.4 Å². The maximum Gasteiger partial charge on any atom is 0.267 e. The number of likely N-dealkylation sites (tertiary alicyclic amines) is 1. The number of fused-ring (bicyclic) bond motifs is 1. The van der Waals surface area contributed by atoms with Crippen LogP contribution in [-0.4, -0.2) is 28.5 Å². The summed E-state index contributed by atoms with van der Waals surface area (Å²) in [6.07, 6.45) is 4.99. The first kappa shape index (κ1) is 16.8. The van der Waals surface area contributed by atoms with E-state index in [2.05, 4.69) is 17.1 Å². The fourth-order valence-corrected chi connectivity index (χ4v) is 3.21. The number of phenolic OH excluding ortho intramolecular Hbond substituents is 1. The van der Waals surface area contributed by atoms with Crippen LogP contribution in [0.2, 0.25) is 0 Å². The van der Waals surface area contributed by atoms with Gasteiger partial charge >= 0.3 is 0 Å². The number of anilines is 1. The van der Waals surface area contributed by atoms with Crippen molar-refractivity contribution in [2.24, 2.45) is 0 Å². The number of amides is 1. The molecule has 0 radical (unpaired) electrons. The molecule has 0 bridgehead atoms. The Morgan fingerprint density at radius 3 is 2.80 bits per heavy atom. The molecule has 1 atom stereocenters. The second-order valence-electron chi connectivity index (χ2n) is 6.37. The Balaban J connectivity index is 1.86. The van der Waals surface area contributed by atoms with Gasteiger partial charge in [0, 0.05) is 35.2 Å². The van der Waals surface area contributed by atoms with Gasteiger partial charge < -0.3 is 15.3 Å². The van der Waals surface area contributed by atoms with Gasteiger partial charge in [-0.25, -0.2) is 0 Å². The van der Waals surface area contributed by atoms with E-state index in [1.165, 1.54) is 6.42 Å². The minimum Gasteiger partial charge on any atom is -0.507 e. The smallest absolute Gasteiger partial charge is 0.267 e. The van der Waals surface area contributed by atoms with Gasteiger partial charge in [-0.1, -0.05) is 24.3 Å². The van der Waals surface area contributed by atoms with E-state index in [1.807, 2.05) is 12.1 Å². The van der Waals surface area contributed by atoms with E-state index in [9.17, 15) is 15.2 Å². The maximum atomic E-state index is 12.6. The molecule has 5 nitrogen and oxygen atoms in total. The molecule has 25 heavy (non-hydrogen) atoms. The Hall–Kier alpha value is -3.00. The Morgan fingerprint density at radius 2 is 2.04 bits per heavy atom. The van der Waals surface area contributed by atoms with E-state index < -0.39 is 5.91 Å². The normalized spacial score (nSPS) is 18.0. The first-order chi connectivity index (χ1) is 12.1. The standard InChI is InChI=1S/C20H21N3O2/c1-14-6-2-3-11-23(14)13-15(12-21)20(25)22-18-9-4-8-17-16(18)7-5-10-19(17)24/h4-5,7-10,13-14,24H,2-3,6,11H2,1H3,(H,22,25)/b15-13-. The highest BCUT2D eigenvalue weighted by atomic mass is 16.3. The molecule has 2 N–H and O–H groups in total. The number of carbonyl (C=O) groups excluding carboxylic acids is 1. The highest BCUT2D eigenvalue weighted by Gasteiger charge is 2.18. The molecule has 0 saturated carbocycles. The summed E-state index contributed by atoms with van der Waals surface area (Å²) in [6, 6.07) is 12.8. The molecule has 1 saturated heterocycles. The van der Waals surface area contributed by atoms with E-state index in [-0.39, 0.29) is 11.3 Å². The summed E-state index contributed by atoms with van der Waals surface area (Å²) < 4.78 is 0. The molecular weight excluding hydrogens is 314 g/mol. The molecular formula is C20H21N3O2. The molecule has 0 aliphatic carbocycles. The van der Waals surface area contributed by atoms with E-state index in [4.69, 9.17) is 0 Å². The van der Waals surface area contributed by atoms with Crippen molar-refractivity contribution < 1.29 is 9.90 Å². The van der Waals surface area contributed by atoms with Gasteiger partial charge in [-0.05, 0) is 38.3 Å². The number of hydrogen-bond acceptors (Lipinski definition) is 4. The van der Waals surface area contributed by atoms with Crippen molar-refractivity contribution in [1.29, 1.82) is 5.26 Å². The van der Waals surface area contributed by atoms with Gasteiger partial charge in [0.15, 0.2) is 0 Å². The van der Waals surface area contributed by atoms with E-state index >= 15 is 0 Å². The molecule has 1 unspecified atom stereocenters. The van der Waals surface area contributed by atoms with Gasteiger partial charge in [-0.15, -0.1) is 0 Å². The van der Waals surface area contributed by atoms with Crippen LogP contribution >= 0.6 is 0 Å². The molecule has 5 heteroatoms. The Labute approximate surface area is 147 Å². The number of nitrogens with one attached hydrogen (secondary N) is 1. The third kappa shape index (κ3) is 3.58. The molecule has 2 aromatic rings. The first-order valence-electron chi connectivity index (χ1n) is 8.50. The number of aromatic hydroxyl groups is 1. The molecule has 0 aromatic heterocycles. The molecule has 1 heterocycles. The minimum atomic E-state index is -0.434. The Bertz CT molecular complexity index is 867. The SMILES string of the molecule is CC1CCCCN1/C=C(/C#N)C(=O)Nc1cccc2c(O)cccc12. The van der Waals surface area contributed by atoms with Crippen molar-refractivity contribution in [3.63, 3.8) is 0 Å². The average Bonchev–Trinajstić information content (AvgIpc) is 2.62. The number of nitrogens with zero attached hydrogens (tertiary/aromatic N) is 2. The topological polar surface area (TPSA) is 76.4 Å². The fourth-order valence-electron chi connectivity index (χ4n) is 3.21. The number of hydrogen-bond donors (Lipinski definition) is 2. The zero-order valence-corrected chi connectivity index (χ0v) is 14.2. The number of phenols is 1. The zero-order valence-electron chi connectivity index (χ0n) is 14.2. The summed E-state index contributed by atoms with van der Waals surface area (Å²) in [7, 11) is 0. The number of rotatable bonds is 3. The number of nitriles is 1. The molecule has 1 aliphatic rings. The quantitative estimate of drug-likeness (QED) is 0.661. The molecule has 1 fully saturated rings. The lowest BCUT2D eigenvalue weighted by Crippen LogP contribution is -2.34. The second kappa shape index (κ2) is 7.27. The van der Waals surface area contributed by atoms with E-state index in [0.29, 0.717) is 17.1 Å². The lowest BCUT2D eigenvalue weighted by molar-refractivity contribution is -0.112. The van der Waals surface area contributed by atoms with Crippen LogP contribution in [0.4, 0.5) is 5.69 Å². The van der Waals surface area contributed by atoms with Crippen molar-refractivity contribution in [2.75, 3.05) is 11.9 Å². The van der Waals surface area contributed by atoms with Crippen LogP contribution in [0, 0.1) is 11.3 Å². The zero-order chi connectivity index (χ0) is 17.8. The van der Waals surface area contributed by atoms with Gasteiger partial charge in [-0.3, -0.25) is 4.79 Å². The predicted molar refractivity (Wildman–Crippen MR) is 98.0 cm³/mol. The van der Waals surface area contributed by atoms with E-state index in [1.54, 1.807) is 36.5 Å². The largest absolute Gasteiger partial charge is 0.507 e. The summed E-state index contributed by atoms with van der Waals surface area (Å²) in [5.74, 6) is -0.275. The van der Waals surface area contributed by atoms with Crippen LogP contribution in [0.15, 0.2) is 48.2 Å². The van der Waals surface area contributed by atoms with Gasteiger partial charge in [0.1, 0.15) is 17.4 Å². The molecule has 0 spiro atoms. The summed E-state index contributed by atoms with van der Waals surface area (Å²) >= 11 is 0. The Morgan fingerprint density at radius 1 is 1.28 bits per heavy atom. The third-order valence-corrected chi connectivity index (χ3v) is 4.66. The van der Waals surface area contributed by atoms with Crippen molar-refractivity contribution in [1.82, 2.24) is 4.90 Å². The molecule has 1 amide bonds. The first-order valence-corrected chi connectivity index (χ1v) is 8.50. The summed E-state index contributed by atoms with van der Waals surface area (Å²) in [4.78, 5) is 14.6. The van der Waals surface area contributed by atoms with Crippen LogP contribution < -0.4 is 5.32 Å². The summed E-state index contributed by atoms with van der Waals surface area (Å²) in [5.41, 5.74) is 0.664. The van der Waals surface area contributed by atoms with Crippen molar-refractivity contribution in [2.45, 2.75) is 32.2 Å². The third-order valence-electron chi connectivity index (χ3n) is 4.66.